The molecule has 0 saturated heterocycles. The van der Waals surface area contributed by atoms with Crippen LogP contribution >= 0.6 is 0 Å². The van der Waals surface area contributed by atoms with Gasteiger partial charge in [-0.1, -0.05) is 32.4 Å². The van der Waals surface area contributed by atoms with E-state index in [1.165, 1.54) is 24.8 Å². The van der Waals surface area contributed by atoms with Gasteiger partial charge in [0.2, 0.25) is 0 Å². The molecule has 1 N–H and O–H groups in total. The summed E-state index contributed by atoms with van der Waals surface area (Å²) in [7, 11) is 0. The number of nitrogens with one attached hydrogen (secondary N) is 1. The van der Waals surface area contributed by atoms with Crippen LogP contribution in [0.5, 0.6) is 5.75 Å². The summed E-state index contributed by atoms with van der Waals surface area (Å²) in [4.78, 5) is 0. The normalized spacial score (nSPS) is 14.2. The molecule has 102 valence electrons. The van der Waals surface area contributed by atoms with Crippen LogP contribution in [-0.4, -0.2) is 12.6 Å². The van der Waals surface area contributed by atoms with Crippen LogP contribution in [0.15, 0.2) is 24.3 Å². The third kappa shape index (κ3) is 4.69. The second-order valence-corrected chi connectivity index (χ2v) is 4.78. The van der Waals surface area contributed by atoms with Crippen molar-refractivity contribution in [3.05, 3.63) is 29.8 Å². The SMILES string of the molecule is CCCC(CC)NC(C)c1ccc(OCC)cc1. The molecule has 0 radical (unpaired) electrons. The van der Waals surface area contributed by atoms with Gasteiger partial charge < -0.3 is 10.1 Å². The van der Waals surface area contributed by atoms with Crippen molar-refractivity contribution in [3.8, 4) is 5.75 Å². The van der Waals surface area contributed by atoms with Gasteiger partial charge in [0.25, 0.3) is 0 Å². The molecule has 1 aromatic rings. The van der Waals surface area contributed by atoms with E-state index in [0.29, 0.717) is 12.1 Å². The number of rotatable bonds is 8. The van der Waals surface area contributed by atoms with Crippen LogP contribution in [0, 0.1) is 0 Å². The highest BCUT2D eigenvalue weighted by Crippen LogP contribution is 2.19. The van der Waals surface area contributed by atoms with Gasteiger partial charge >= 0.3 is 0 Å². The first kappa shape index (κ1) is 15.0. The summed E-state index contributed by atoms with van der Waals surface area (Å²) in [6.45, 7) is 9.45. The van der Waals surface area contributed by atoms with Gasteiger partial charge in [-0.25, -0.2) is 0 Å². The van der Waals surface area contributed by atoms with Gasteiger partial charge in [0.1, 0.15) is 5.75 Å². The molecule has 2 atom stereocenters. The zero-order valence-corrected chi connectivity index (χ0v) is 12.2. The maximum Gasteiger partial charge on any atom is 0.119 e. The van der Waals surface area contributed by atoms with E-state index in [9.17, 15) is 0 Å². The van der Waals surface area contributed by atoms with E-state index >= 15 is 0 Å². The molecular formula is C16H27NO. The number of ether oxygens (including phenoxy) is 1. The van der Waals surface area contributed by atoms with Crippen molar-refractivity contribution in [3.63, 3.8) is 0 Å². The second-order valence-electron chi connectivity index (χ2n) is 4.78. The van der Waals surface area contributed by atoms with Crippen LogP contribution < -0.4 is 10.1 Å². The lowest BCUT2D eigenvalue weighted by Crippen LogP contribution is -2.30. The molecule has 0 bridgehead atoms. The first-order valence-corrected chi connectivity index (χ1v) is 7.20. The number of hydrogen-bond donors (Lipinski definition) is 1. The van der Waals surface area contributed by atoms with Crippen molar-refractivity contribution in [2.75, 3.05) is 6.61 Å². The van der Waals surface area contributed by atoms with Crippen molar-refractivity contribution >= 4 is 0 Å². The fourth-order valence-corrected chi connectivity index (χ4v) is 2.22. The molecule has 2 heteroatoms. The lowest BCUT2D eigenvalue weighted by atomic mass is 10.0. The Morgan fingerprint density at radius 1 is 1.11 bits per heavy atom. The topological polar surface area (TPSA) is 21.3 Å². The Morgan fingerprint density at radius 2 is 1.78 bits per heavy atom. The molecular weight excluding hydrogens is 222 g/mol. The molecule has 0 heterocycles. The van der Waals surface area contributed by atoms with Gasteiger partial charge in [-0.15, -0.1) is 0 Å². The minimum absolute atomic E-state index is 0.400. The smallest absolute Gasteiger partial charge is 0.119 e. The zero-order chi connectivity index (χ0) is 13.4. The maximum absolute atomic E-state index is 5.46. The summed E-state index contributed by atoms with van der Waals surface area (Å²) in [6.07, 6.45) is 3.68. The summed E-state index contributed by atoms with van der Waals surface area (Å²) in [6, 6.07) is 9.44. The molecule has 1 aromatic carbocycles. The largest absolute Gasteiger partial charge is 0.494 e. The summed E-state index contributed by atoms with van der Waals surface area (Å²) >= 11 is 0. The molecule has 0 fully saturated rings. The minimum Gasteiger partial charge on any atom is -0.494 e. The maximum atomic E-state index is 5.46. The Bertz CT molecular complexity index is 320. The van der Waals surface area contributed by atoms with Crippen LogP contribution in [0.1, 0.15) is 58.6 Å². The molecule has 18 heavy (non-hydrogen) atoms. The predicted molar refractivity (Wildman–Crippen MR) is 78.1 cm³/mol. The fourth-order valence-electron chi connectivity index (χ4n) is 2.22. The fraction of sp³-hybridized carbons (Fsp3) is 0.625. The quantitative estimate of drug-likeness (QED) is 0.741. The van der Waals surface area contributed by atoms with Crippen molar-refractivity contribution in [1.29, 1.82) is 0 Å². The first-order chi connectivity index (χ1) is 8.71. The summed E-state index contributed by atoms with van der Waals surface area (Å²) in [5, 5.41) is 3.69. The highest BCUT2D eigenvalue weighted by atomic mass is 16.5. The lowest BCUT2D eigenvalue weighted by molar-refractivity contribution is 0.340. The Balaban J connectivity index is 2.57. The molecule has 0 aliphatic heterocycles. The predicted octanol–water partition coefficient (Wildman–Crippen LogP) is 4.31. The molecule has 1 rings (SSSR count). The van der Waals surface area contributed by atoms with Crippen LogP contribution in [0.2, 0.25) is 0 Å². The second kappa shape index (κ2) is 8.15. The summed E-state index contributed by atoms with van der Waals surface area (Å²) in [5.74, 6) is 0.953. The van der Waals surface area contributed by atoms with Crippen LogP contribution in [-0.2, 0) is 0 Å². The van der Waals surface area contributed by atoms with Crippen molar-refractivity contribution in [2.24, 2.45) is 0 Å². The lowest BCUT2D eigenvalue weighted by Gasteiger charge is -2.22. The van der Waals surface area contributed by atoms with Crippen molar-refractivity contribution in [1.82, 2.24) is 5.32 Å². The Labute approximate surface area is 112 Å². The minimum atomic E-state index is 0.400. The van der Waals surface area contributed by atoms with E-state index < -0.39 is 0 Å². The summed E-state index contributed by atoms with van der Waals surface area (Å²) < 4.78 is 5.46. The average molecular weight is 249 g/mol. The monoisotopic (exact) mass is 249 g/mol. The standard InChI is InChI=1S/C16H27NO/c1-5-8-15(6-2)17-13(4)14-9-11-16(12-10-14)18-7-3/h9-13,15,17H,5-8H2,1-4H3. The average Bonchev–Trinajstić information content (AvgIpc) is 2.39. The van der Waals surface area contributed by atoms with E-state index in [0.717, 1.165) is 12.4 Å². The van der Waals surface area contributed by atoms with Crippen molar-refractivity contribution in [2.45, 2.75) is 59.0 Å². The molecule has 0 aliphatic rings. The van der Waals surface area contributed by atoms with Gasteiger partial charge in [-0.2, -0.15) is 0 Å². The van der Waals surface area contributed by atoms with Gasteiger partial charge in [-0.3, -0.25) is 0 Å². The van der Waals surface area contributed by atoms with Crippen LogP contribution in [0.3, 0.4) is 0 Å². The first-order valence-electron chi connectivity index (χ1n) is 7.20. The van der Waals surface area contributed by atoms with E-state index in [1.807, 2.05) is 6.92 Å². The van der Waals surface area contributed by atoms with E-state index in [1.54, 1.807) is 0 Å². The molecule has 0 spiro atoms. The van der Waals surface area contributed by atoms with E-state index in [-0.39, 0.29) is 0 Å². The highest BCUT2D eigenvalue weighted by Gasteiger charge is 2.10. The third-order valence-electron chi connectivity index (χ3n) is 3.31. The summed E-state index contributed by atoms with van der Waals surface area (Å²) in [5.41, 5.74) is 1.33. The van der Waals surface area contributed by atoms with Crippen molar-refractivity contribution < 1.29 is 4.74 Å². The Morgan fingerprint density at radius 3 is 2.28 bits per heavy atom. The third-order valence-corrected chi connectivity index (χ3v) is 3.31. The van der Waals surface area contributed by atoms with E-state index in [2.05, 4.69) is 50.4 Å². The number of hydrogen-bond acceptors (Lipinski definition) is 2. The highest BCUT2D eigenvalue weighted by molar-refractivity contribution is 5.28. The molecule has 0 aromatic heterocycles. The van der Waals surface area contributed by atoms with E-state index in [4.69, 9.17) is 4.74 Å². The van der Waals surface area contributed by atoms with Crippen LogP contribution in [0.4, 0.5) is 0 Å². The molecule has 0 aliphatic carbocycles. The molecule has 0 saturated carbocycles. The zero-order valence-electron chi connectivity index (χ0n) is 12.2. The van der Waals surface area contributed by atoms with Gasteiger partial charge in [0.05, 0.1) is 6.61 Å². The van der Waals surface area contributed by atoms with Crippen LogP contribution in [0.25, 0.3) is 0 Å². The molecule has 2 nitrogen and oxygen atoms in total. The number of benzene rings is 1. The van der Waals surface area contributed by atoms with Gasteiger partial charge in [-0.05, 0) is 44.4 Å². The Kier molecular flexibility index (Phi) is 6.81. The Hall–Kier alpha value is -1.02. The van der Waals surface area contributed by atoms with Gasteiger partial charge in [0.15, 0.2) is 0 Å². The molecule has 2 unspecified atom stereocenters. The van der Waals surface area contributed by atoms with Gasteiger partial charge in [0, 0.05) is 12.1 Å². The molecule has 0 amide bonds.